The molecule has 1 aliphatic rings. The number of hydrogen-bond acceptors (Lipinski definition) is 12. The van der Waals surface area contributed by atoms with Crippen LogP contribution in [0.5, 0.6) is 0 Å². The molecule has 1 fully saturated rings. The highest BCUT2D eigenvalue weighted by Crippen LogP contribution is 2.28. The van der Waals surface area contributed by atoms with Crippen LogP contribution in [0.1, 0.15) is 24.0 Å². The molecule has 5 rings (SSSR count). The van der Waals surface area contributed by atoms with E-state index >= 15 is 0 Å². The molecule has 0 bridgehead atoms. The summed E-state index contributed by atoms with van der Waals surface area (Å²) in [5.41, 5.74) is 1.78. The van der Waals surface area contributed by atoms with Crippen LogP contribution < -0.4 is 20.9 Å². The van der Waals surface area contributed by atoms with Gasteiger partial charge in [0.05, 0.1) is 12.8 Å². The number of carbonyl (C=O) groups is 2. The van der Waals surface area contributed by atoms with Gasteiger partial charge in [0.2, 0.25) is 32.3 Å². The van der Waals surface area contributed by atoms with Crippen molar-refractivity contribution in [3.63, 3.8) is 0 Å². The molecular formula is C23H24N10O2S2. The molecule has 1 saturated heterocycles. The SMILES string of the molecule is O=C(Cc1ccncc1)Nc1nnc(NC2CCN(c3nnc(NC(=O)Cc4ccncc4)s3)CC2)s1. The number of pyridine rings is 2. The van der Waals surface area contributed by atoms with E-state index < -0.39 is 0 Å². The minimum atomic E-state index is -0.146. The number of aromatic nitrogens is 6. The van der Waals surface area contributed by atoms with Crippen LogP contribution in [0.2, 0.25) is 0 Å². The van der Waals surface area contributed by atoms with Crippen molar-refractivity contribution in [3.8, 4) is 0 Å². The topological polar surface area (TPSA) is 151 Å². The van der Waals surface area contributed by atoms with Gasteiger partial charge in [0.1, 0.15) is 0 Å². The lowest BCUT2D eigenvalue weighted by molar-refractivity contribution is -0.116. The number of anilines is 4. The maximum atomic E-state index is 12.3. The van der Waals surface area contributed by atoms with E-state index in [9.17, 15) is 9.59 Å². The summed E-state index contributed by atoms with van der Waals surface area (Å²) in [5.74, 6) is -0.283. The molecule has 0 saturated carbocycles. The zero-order valence-corrected chi connectivity index (χ0v) is 21.3. The highest BCUT2D eigenvalue weighted by Gasteiger charge is 2.23. The molecule has 190 valence electrons. The standard InChI is InChI=1S/C23H24N10O2S2/c34-18(13-15-1-7-24-8-2-15)27-21-30-29-20(36-21)26-17-5-11-33(12-6-17)23-32-31-22(37-23)28-19(35)14-16-3-9-25-10-4-16/h1-4,7-10,17H,5-6,11-14H2,(H,26,29)(H,27,30,34)(H,28,31,35). The number of rotatable bonds is 9. The van der Waals surface area contributed by atoms with E-state index in [-0.39, 0.29) is 30.7 Å². The molecule has 12 nitrogen and oxygen atoms in total. The van der Waals surface area contributed by atoms with Gasteiger partial charge in [-0.1, -0.05) is 22.7 Å². The minimum absolute atomic E-state index is 0.137. The lowest BCUT2D eigenvalue weighted by atomic mass is 10.1. The third-order valence-electron chi connectivity index (χ3n) is 5.65. The number of hydrogen-bond donors (Lipinski definition) is 3. The summed E-state index contributed by atoms with van der Waals surface area (Å²) in [6, 6.07) is 7.47. The van der Waals surface area contributed by atoms with Crippen LogP contribution in [-0.4, -0.2) is 61.3 Å². The third-order valence-corrected chi connectivity index (χ3v) is 7.32. The predicted octanol–water partition coefficient (Wildman–Crippen LogP) is 2.62. The first-order valence-electron chi connectivity index (χ1n) is 11.7. The van der Waals surface area contributed by atoms with Crippen LogP contribution in [0.4, 0.5) is 20.5 Å². The summed E-state index contributed by atoms with van der Waals surface area (Å²) in [7, 11) is 0. The van der Waals surface area contributed by atoms with Crippen molar-refractivity contribution in [1.29, 1.82) is 0 Å². The fraction of sp³-hybridized carbons (Fsp3) is 0.304. The normalized spacial score (nSPS) is 13.8. The Morgan fingerprint density at radius 1 is 0.757 bits per heavy atom. The number of amides is 2. The van der Waals surface area contributed by atoms with Gasteiger partial charge in [0.15, 0.2) is 0 Å². The first-order valence-corrected chi connectivity index (χ1v) is 13.3. The lowest BCUT2D eigenvalue weighted by Gasteiger charge is -2.31. The van der Waals surface area contributed by atoms with E-state index in [4.69, 9.17) is 0 Å². The lowest BCUT2D eigenvalue weighted by Crippen LogP contribution is -2.39. The summed E-state index contributed by atoms with van der Waals surface area (Å²) >= 11 is 2.68. The van der Waals surface area contributed by atoms with Crippen molar-refractivity contribution in [2.45, 2.75) is 31.7 Å². The molecule has 0 radical (unpaired) electrons. The van der Waals surface area contributed by atoms with Gasteiger partial charge in [0, 0.05) is 43.9 Å². The summed E-state index contributed by atoms with van der Waals surface area (Å²) in [6.07, 6.45) is 8.93. The zero-order valence-electron chi connectivity index (χ0n) is 19.7. The molecule has 4 aromatic heterocycles. The quantitative estimate of drug-likeness (QED) is 0.291. The maximum absolute atomic E-state index is 12.3. The molecule has 1 aliphatic heterocycles. The average molecular weight is 537 g/mol. The van der Waals surface area contributed by atoms with E-state index in [1.807, 2.05) is 24.3 Å². The minimum Gasteiger partial charge on any atom is -0.357 e. The summed E-state index contributed by atoms with van der Waals surface area (Å²) in [6.45, 7) is 1.59. The molecule has 0 spiro atoms. The summed E-state index contributed by atoms with van der Waals surface area (Å²) in [4.78, 5) is 34.6. The molecule has 0 atom stereocenters. The Labute approximate surface area is 220 Å². The van der Waals surface area contributed by atoms with Crippen molar-refractivity contribution in [1.82, 2.24) is 30.4 Å². The van der Waals surface area contributed by atoms with Gasteiger partial charge in [-0.15, -0.1) is 20.4 Å². The van der Waals surface area contributed by atoms with Crippen LogP contribution >= 0.6 is 22.7 Å². The van der Waals surface area contributed by atoms with Crippen LogP contribution in [0, 0.1) is 0 Å². The number of nitrogens with zero attached hydrogens (tertiary/aromatic N) is 7. The highest BCUT2D eigenvalue weighted by atomic mass is 32.1. The Hall–Kier alpha value is -4.04. The molecule has 2 amide bonds. The van der Waals surface area contributed by atoms with Gasteiger partial charge >= 0.3 is 0 Å². The zero-order chi connectivity index (χ0) is 25.5. The van der Waals surface area contributed by atoms with E-state index in [0.29, 0.717) is 15.4 Å². The fourth-order valence-electron chi connectivity index (χ4n) is 3.81. The molecule has 0 aliphatic carbocycles. The molecule has 3 N–H and O–H groups in total. The van der Waals surface area contributed by atoms with E-state index in [2.05, 4.69) is 51.2 Å². The van der Waals surface area contributed by atoms with Crippen LogP contribution in [0.3, 0.4) is 0 Å². The molecule has 4 aromatic rings. The predicted molar refractivity (Wildman–Crippen MR) is 142 cm³/mol. The van der Waals surface area contributed by atoms with Crippen LogP contribution in [0.25, 0.3) is 0 Å². The first kappa shape index (κ1) is 24.6. The Morgan fingerprint density at radius 3 is 1.86 bits per heavy atom. The van der Waals surface area contributed by atoms with Gasteiger partial charge in [-0.2, -0.15) is 0 Å². The van der Waals surface area contributed by atoms with Gasteiger partial charge in [-0.05, 0) is 48.2 Å². The van der Waals surface area contributed by atoms with E-state index in [1.54, 1.807) is 24.8 Å². The average Bonchev–Trinajstić information content (AvgIpc) is 3.55. The second kappa shape index (κ2) is 11.8. The van der Waals surface area contributed by atoms with Crippen molar-refractivity contribution >= 4 is 55.0 Å². The smallest absolute Gasteiger partial charge is 0.230 e. The number of piperidine rings is 1. The molecular weight excluding hydrogens is 512 g/mol. The fourth-order valence-corrected chi connectivity index (χ4v) is 5.36. The molecule has 0 unspecified atom stereocenters. The van der Waals surface area contributed by atoms with Crippen molar-refractivity contribution in [3.05, 3.63) is 60.2 Å². The van der Waals surface area contributed by atoms with Crippen molar-refractivity contribution in [2.24, 2.45) is 0 Å². The Bertz CT molecular complexity index is 1320. The van der Waals surface area contributed by atoms with Gasteiger partial charge < -0.3 is 20.9 Å². The second-order valence-electron chi connectivity index (χ2n) is 8.37. The maximum Gasteiger partial charge on any atom is 0.230 e. The molecule has 37 heavy (non-hydrogen) atoms. The Kier molecular flexibility index (Phi) is 7.86. The monoisotopic (exact) mass is 536 g/mol. The Morgan fingerprint density at radius 2 is 1.27 bits per heavy atom. The second-order valence-corrected chi connectivity index (χ2v) is 10.3. The summed E-state index contributed by atoms with van der Waals surface area (Å²) in [5, 5.41) is 28.1. The Balaban J connectivity index is 1.06. The third kappa shape index (κ3) is 7.01. The van der Waals surface area contributed by atoms with Gasteiger partial charge in [-0.25, -0.2) is 0 Å². The van der Waals surface area contributed by atoms with Crippen LogP contribution in [-0.2, 0) is 22.4 Å². The molecule has 14 heteroatoms. The number of nitrogens with one attached hydrogen (secondary N) is 3. The number of carbonyl (C=O) groups excluding carboxylic acids is 2. The molecule has 5 heterocycles. The van der Waals surface area contributed by atoms with Crippen molar-refractivity contribution in [2.75, 3.05) is 33.9 Å². The summed E-state index contributed by atoms with van der Waals surface area (Å²) < 4.78 is 0. The van der Waals surface area contributed by atoms with E-state index in [0.717, 1.165) is 42.2 Å². The van der Waals surface area contributed by atoms with Gasteiger partial charge in [0.25, 0.3) is 0 Å². The molecule has 0 aromatic carbocycles. The van der Waals surface area contributed by atoms with Crippen LogP contribution in [0.15, 0.2) is 49.1 Å². The first-order chi connectivity index (χ1) is 18.1. The van der Waals surface area contributed by atoms with E-state index in [1.165, 1.54) is 22.7 Å². The largest absolute Gasteiger partial charge is 0.357 e. The highest BCUT2D eigenvalue weighted by molar-refractivity contribution is 7.19. The van der Waals surface area contributed by atoms with Gasteiger partial charge in [-0.3, -0.25) is 19.6 Å². The van der Waals surface area contributed by atoms with Crippen molar-refractivity contribution < 1.29 is 9.59 Å².